The Labute approximate surface area is 113 Å². The quantitative estimate of drug-likeness (QED) is 0.800. The zero-order valence-corrected chi connectivity index (χ0v) is 11.2. The fraction of sp³-hybridized carbons (Fsp3) is 0.692. The zero-order valence-electron chi connectivity index (χ0n) is 11.2. The Hall–Kier alpha value is -1.24. The molecule has 0 spiro atoms. The Bertz CT molecular complexity index is 374. The predicted octanol–water partition coefficient (Wildman–Crippen LogP) is -0.413. The van der Waals surface area contributed by atoms with Crippen LogP contribution in [0.3, 0.4) is 0 Å². The molecule has 0 aliphatic carbocycles. The van der Waals surface area contributed by atoms with E-state index >= 15 is 0 Å². The van der Waals surface area contributed by atoms with Crippen LogP contribution < -0.4 is 10.2 Å². The van der Waals surface area contributed by atoms with Gasteiger partial charge >= 0.3 is 0 Å². The minimum atomic E-state index is 0.480. The molecule has 1 atom stereocenters. The molecule has 6 nitrogen and oxygen atoms in total. The number of anilines is 1. The second-order valence-corrected chi connectivity index (χ2v) is 5.06. The average Bonchev–Trinajstić information content (AvgIpc) is 2.50. The van der Waals surface area contributed by atoms with E-state index in [1.165, 1.54) is 0 Å². The van der Waals surface area contributed by atoms with Crippen molar-refractivity contribution < 1.29 is 4.74 Å². The van der Waals surface area contributed by atoms with Crippen molar-refractivity contribution in [3.05, 3.63) is 18.5 Å². The molecule has 2 saturated heterocycles. The van der Waals surface area contributed by atoms with Crippen LogP contribution in [-0.4, -0.2) is 73.4 Å². The highest BCUT2D eigenvalue weighted by atomic mass is 16.5. The molecule has 6 heteroatoms. The second-order valence-electron chi connectivity index (χ2n) is 5.06. The monoisotopic (exact) mass is 263 g/mol. The number of hydrogen-bond acceptors (Lipinski definition) is 6. The van der Waals surface area contributed by atoms with Gasteiger partial charge in [0.15, 0.2) is 0 Å². The van der Waals surface area contributed by atoms with E-state index in [-0.39, 0.29) is 0 Å². The number of piperazine rings is 1. The van der Waals surface area contributed by atoms with Gasteiger partial charge in [-0.25, -0.2) is 9.97 Å². The third-order valence-electron chi connectivity index (χ3n) is 3.68. The van der Waals surface area contributed by atoms with E-state index < -0.39 is 0 Å². The maximum atomic E-state index is 5.49. The topological polar surface area (TPSA) is 53.5 Å². The lowest BCUT2D eigenvalue weighted by Crippen LogP contribution is -2.53. The van der Waals surface area contributed by atoms with E-state index in [0.717, 1.165) is 58.4 Å². The molecule has 2 aliphatic rings. The number of nitrogens with zero attached hydrogens (tertiary/aromatic N) is 4. The summed E-state index contributed by atoms with van der Waals surface area (Å²) < 4.78 is 5.49. The normalized spacial score (nSPS) is 25.5. The number of rotatable bonds is 3. The molecule has 104 valence electrons. The van der Waals surface area contributed by atoms with E-state index in [4.69, 9.17) is 4.74 Å². The molecule has 0 bridgehead atoms. The molecule has 1 aromatic heterocycles. The molecule has 3 rings (SSSR count). The highest BCUT2D eigenvalue weighted by Crippen LogP contribution is 2.10. The third-order valence-corrected chi connectivity index (χ3v) is 3.68. The van der Waals surface area contributed by atoms with Crippen molar-refractivity contribution in [1.82, 2.24) is 20.2 Å². The molecule has 0 saturated carbocycles. The van der Waals surface area contributed by atoms with Crippen molar-refractivity contribution in [2.45, 2.75) is 6.04 Å². The summed E-state index contributed by atoms with van der Waals surface area (Å²) in [6.07, 6.45) is 3.61. The summed E-state index contributed by atoms with van der Waals surface area (Å²) in [5.74, 6) is 0.848. The van der Waals surface area contributed by atoms with Gasteiger partial charge in [0.25, 0.3) is 0 Å². The molecule has 0 aromatic carbocycles. The fourth-order valence-corrected chi connectivity index (χ4v) is 2.63. The summed E-state index contributed by atoms with van der Waals surface area (Å²) in [6.45, 7) is 7.85. The first-order chi connectivity index (χ1) is 9.42. The van der Waals surface area contributed by atoms with Crippen LogP contribution in [0.2, 0.25) is 0 Å². The summed E-state index contributed by atoms with van der Waals surface area (Å²) >= 11 is 0. The van der Waals surface area contributed by atoms with Crippen LogP contribution >= 0.6 is 0 Å². The van der Waals surface area contributed by atoms with Crippen molar-refractivity contribution >= 4 is 5.95 Å². The maximum Gasteiger partial charge on any atom is 0.225 e. The van der Waals surface area contributed by atoms with Crippen LogP contribution in [0.25, 0.3) is 0 Å². The molecule has 0 amide bonds. The first kappa shape index (κ1) is 12.8. The average molecular weight is 263 g/mol. The minimum absolute atomic E-state index is 0.480. The maximum absolute atomic E-state index is 5.49. The fourth-order valence-electron chi connectivity index (χ4n) is 2.63. The van der Waals surface area contributed by atoms with E-state index in [1.54, 1.807) is 12.4 Å². The van der Waals surface area contributed by atoms with Crippen LogP contribution in [0.4, 0.5) is 5.95 Å². The van der Waals surface area contributed by atoms with Crippen LogP contribution in [0, 0.1) is 0 Å². The van der Waals surface area contributed by atoms with Gasteiger partial charge in [-0.3, -0.25) is 4.90 Å². The van der Waals surface area contributed by atoms with Gasteiger partial charge in [-0.05, 0) is 6.07 Å². The summed E-state index contributed by atoms with van der Waals surface area (Å²) in [4.78, 5) is 13.4. The molecule has 1 N–H and O–H groups in total. The van der Waals surface area contributed by atoms with Gasteiger partial charge in [-0.2, -0.15) is 0 Å². The lowest BCUT2D eigenvalue weighted by Gasteiger charge is -2.37. The lowest BCUT2D eigenvalue weighted by atomic mass is 10.2. The highest BCUT2D eigenvalue weighted by Gasteiger charge is 2.22. The lowest BCUT2D eigenvalue weighted by molar-refractivity contribution is 0.0609. The van der Waals surface area contributed by atoms with E-state index in [1.807, 2.05) is 6.07 Å². The van der Waals surface area contributed by atoms with Crippen molar-refractivity contribution in [2.24, 2.45) is 0 Å². The van der Waals surface area contributed by atoms with Gasteiger partial charge < -0.3 is 15.0 Å². The van der Waals surface area contributed by atoms with E-state index in [9.17, 15) is 0 Å². The van der Waals surface area contributed by atoms with Crippen LogP contribution in [0.15, 0.2) is 18.5 Å². The van der Waals surface area contributed by atoms with Gasteiger partial charge in [0.2, 0.25) is 5.95 Å². The molecule has 2 aliphatic heterocycles. The molecular formula is C13H21N5O. The molecule has 1 aromatic rings. The number of nitrogens with one attached hydrogen (secondary N) is 1. The summed E-state index contributed by atoms with van der Waals surface area (Å²) in [6, 6.07) is 2.34. The van der Waals surface area contributed by atoms with Crippen LogP contribution in [0.5, 0.6) is 0 Å². The Morgan fingerprint density at radius 3 is 2.68 bits per heavy atom. The van der Waals surface area contributed by atoms with Crippen LogP contribution in [-0.2, 0) is 4.74 Å². The van der Waals surface area contributed by atoms with Crippen molar-refractivity contribution in [3.8, 4) is 0 Å². The van der Waals surface area contributed by atoms with Crippen LogP contribution in [0.1, 0.15) is 0 Å². The second kappa shape index (κ2) is 6.27. The molecular weight excluding hydrogens is 242 g/mol. The Morgan fingerprint density at radius 2 is 2.00 bits per heavy atom. The number of morpholine rings is 1. The first-order valence-corrected chi connectivity index (χ1v) is 6.97. The van der Waals surface area contributed by atoms with Gasteiger partial charge in [-0.1, -0.05) is 0 Å². The van der Waals surface area contributed by atoms with Crippen molar-refractivity contribution in [1.29, 1.82) is 0 Å². The van der Waals surface area contributed by atoms with Gasteiger partial charge in [0.05, 0.1) is 13.2 Å². The highest BCUT2D eigenvalue weighted by molar-refractivity contribution is 5.29. The van der Waals surface area contributed by atoms with E-state index in [0.29, 0.717) is 6.04 Å². The summed E-state index contributed by atoms with van der Waals surface area (Å²) in [5.41, 5.74) is 0. The Balaban J connectivity index is 1.46. The Kier molecular flexibility index (Phi) is 4.22. The molecule has 1 unspecified atom stereocenters. The largest absolute Gasteiger partial charge is 0.378 e. The first-order valence-electron chi connectivity index (χ1n) is 6.97. The Morgan fingerprint density at radius 1 is 1.21 bits per heavy atom. The summed E-state index contributed by atoms with van der Waals surface area (Å²) in [5, 5.41) is 3.50. The van der Waals surface area contributed by atoms with Gasteiger partial charge in [0, 0.05) is 57.7 Å². The molecule has 19 heavy (non-hydrogen) atoms. The standard InChI is InChI=1S/C13H21N5O/c1-2-15-13(16-3-1)18-7-5-17(6-8-18)10-12-11-19-9-4-14-12/h1-3,12,14H,4-11H2. The minimum Gasteiger partial charge on any atom is -0.378 e. The van der Waals surface area contributed by atoms with Gasteiger partial charge in [0.1, 0.15) is 0 Å². The van der Waals surface area contributed by atoms with E-state index in [2.05, 4.69) is 25.1 Å². The smallest absolute Gasteiger partial charge is 0.225 e. The molecule has 2 fully saturated rings. The number of aromatic nitrogens is 2. The molecule has 0 radical (unpaired) electrons. The predicted molar refractivity (Wildman–Crippen MR) is 73.3 cm³/mol. The SMILES string of the molecule is c1cnc(N2CCN(CC3COCCN3)CC2)nc1. The van der Waals surface area contributed by atoms with Gasteiger partial charge in [-0.15, -0.1) is 0 Å². The van der Waals surface area contributed by atoms with Crippen molar-refractivity contribution in [3.63, 3.8) is 0 Å². The number of hydrogen-bond donors (Lipinski definition) is 1. The van der Waals surface area contributed by atoms with Crippen molar-refractivity contribution in [2.75, 3.05) is 57.4 Å². The molecule has 3 heterocycles. The third kappa shape index (κ3) is 3.40. The zero-order chi connectivity index (χ0) is 12.9. The summed E-state index contributed by atoms with van der Waals surface area (Å²) in [7, 11) is 0. The number of ether oxygens (including phenoxy) is 1.